The Kier molecular flexibility index (Phi) is 3.41. The summed E-state index contributed by atoms with van der Waals surface area (Å²) in [5, 5.41) is 0. The van der Waals surface area contributed by atoms with Crippen LogP contribution in [0.4, 0.5) is 0 Å². The largest absolute Gasteiger partial charge is 0.323 e. The van der Waals surface area contributed by atoms with Crippen molar-refractivity contribution in [1.82, 2.24) is 15.0 Å². The topological polar surface area (TPSA) is 78.6 Å². The van der Waals surface area contributed by atoms with Gasteiger partial charge >= 0.3 is 5.69 Å². The number of imidazole rings is 1. The fourth-order valence-electron chi connectivity index (χ4n) is 1.82. The summed E-state index contributed by atoms with van der Waals surface area (Å²) >= 11 is 0. The van der Waals surface area contributed by atoms with Gasteiger partial charge in [-0.2, -0.15) is 0 Å². The highest BCUT2D eigenvalue weighted by atomic mass is 16.1. The zero-order valence-corrected chi connectivity index (χ0v) is 10.4. The van der Waals surface area contributed by atoms with Crippen molar-refractivity contribution in [2.24, 2.45) is 5.92 Å². The summed E-state index contributed by atoms with van der Waals surface area (Å²) in [5.41, 5.74) is 1.19. The molecule has 2 rings (SSSR count). The van der Waals surface area contributed by atoms with Gasteiger partial charge in [0.05, 0.1) is 0 Å². The molecule has 94 valence electrons. The maximum Gasteiger partial charge on any atom is 0.323 e. The maximum atomic E-state index is 12.2. The van der Waals surface area contributed by atoms with E-state index >= 15 is 0 Å². The van der Waals surface area contributed by atoms with Crippen molar-refractivity contribution in [3.63, 3.8) is 0 Å². The minimum absolute atomic E-state index is 0.189. The first-order valence-corrected chi connectivity index (χ1v) is 5.84. The van der Waals surface area contributed by atoms with Gasteiger partial charge in [-0.1, -0.05) is 13.8 Å². The predicted molar refractivity (Wildman–Crippen MR) is 67.6 cm³/mol. The van der Waals surface area contributed by atoms with Crippen LogP contribution in [0.1, 0.15) is 35.6 Å². The molecule has 0 amide bonds. The van der Waals surface area contributed by atoms with Crippen LogP contribution < -0.4 is 5.69 Å². The number of rotatable bonds is 4. The first-order chi connectivity index (χ1) is 8.58. The van der Waals surface area contributed by atoms with Crippen molar-refractivity contribution in [2.45, 2.75) is 20.3 Å². The number of H-pyrrole nitrogens is 2. The Hall–Kier alpha value is -2.17. The van der Waals surface area contributed by atoms with Gasteiger partial charge in [-0.25, -0.2) is 4.79 Å². The summed E-state index contributed by atoms with van der Waals surface area (Å²) in [7, 11) is 0. The van der Waals surface area contributed by atoms with Crippen LogP contribution in [-0.4, -0.2) is 20.7 Å². The van der Waals surface area contributed by atoms with E-state index in [2.05, 4.69) is 15.0 Å². The molecule has 2 N–H and O–H groups in total. The number of carbonyl (C=O) groups is 1. The number of aromatic nitrogens is 3. The Labute approximate surface area is 104 Å². The molecular formula is C13H15N3O2. The molecule has 2 heterocycles. The van der Waals surface area contributed by atoms with E-state index < -0.39 is 0 Å². The van der Waals surface area contributed by atoms with E-state index in [0.717, 1.165) is 0 Å². The third kappa shape index (κ3) is 2.56. The molecule has 0 bridgehead atoms. The van der Waals surface area contributed by atoms with Crippen LogP contribution in [0, 0.1) is 5.92 Å². The zero-order chi connectivity index (χ0) is 13.1. The van der Waals surface area contributed by atoms with Crippen molar-refractivity contribution in [3.8, 4) is 0 Å². The van der Waals surface area contributed by atoms with Gasteiger partial charge in [-0.3, -0.25) is 9.78 Å². The normalized spacial score (nSPS) is 10.8. The van der Waals surface area contributed by atoms with Gasteiger partial charge in [0.15, 0.2) is 0 Å². The van der Waals surface area contributed by atoms with Gasteiger partial charge in [-0.05, 0) is 24.5 Å². The molecule has 0 radical (unpaired) electrons. The Morgan fingerprint density at radius 3 is 2.56 bits per heavy atom. The third-order valence-electron chi connectivity index (χ3n) is 2.59. The van der Waals surface area contributed by atoms with Crippen LogP contribution in [0.3, 0.4) is 0 Å². The van der Waals surface area contributed by atoms with Crippen molar-refractivity contribution in [3.05, 3.63) is 52.0 Å². The molecule has 5 nitrogen and oxygen atoms in total. The summed E-state index contributed by atoms with van der Waals surface area (Å²) in [6, 6.07) is 3.26. The maximum absolute atomic E-state index is 12.2. The highest BCUT2D eigenvalue weighted by Gasteiger charge is 2.17. The second-order valence-electron chi connectivity index (χ2n) is 4.60. The number of nitrogens with one attached hydrogen (secondary N) is 2. The third-order valence-corrected chi connectivity index (χ3v) is 2.59. The number of hydrogen-bond donors (Lipinski definition) is 2. The van der Waals surface area contributed by atoms with Crippen LogP contribution in [0.15, 0.2) is 29.3 Å². The Bertz CT molecular complexity index is 596. The zero-order valence-electron chi connectivity index (χ0n) is 10.4. The van der Waals surface area contributed by atoms with Crippen LogP contribution >= 0.6 is 0 Å². The lowest BCUT2D eigenvalue weighted by Gasteiger charge is -2.05. The van der Waals surface area contributed by atoms with E-state index in [9.17, 15) is 9.59 Å². The molecule has 0 saturated carbocycles. The second-order valence-corrected chi connectivity index (χ2v) is 4.60. The Morgan fingerprint density at radius 1 is 1.28 bits per heavy atom. The minimum atomic E-state index is -0.344. The van der Waals surface area contributed by atoms with Crippen molar-refractivity contribution >= 4 is 5.78 Å². The van der Waals surface area contributed by atoms with E-state index in [0.29, 0.717) is 29.3 Å². The van der Waals surface area contributed by atoms with Crippen molar-refractivity contribution in [2.75, 3.05) is 0 Å². The SMILES string of the molecule is CC(C)Cc1[nH]c(=O)[nH]c1C(=O)c1ccncc1. The first kappa shape index (κ1) is 12.3. The summed E-state index contributed by atoms with van der Waals surface area (Å²) in [5.74, 6) is 0.173. The lowest BCUT2D eigenvalue weighted by molar-refractivity contribution is 0.103. The van der Waals surface area contributed by atoms with Gasteiger partial charge in [0.1, 0.15) is 5.69 Å². The summed E-state index contributed by atoms with van der Waals surface area (Å²) < 4.78 is 0. The quantitative estimate of drug-likeness (QED) is 0.802. The van der Waals surface area contributed by atoms with Gasteiger partial charge in [0.25, 0.3) is 0 Å². The van der Waals surface area contributed by atoms with E-state index in [4.69, 9.17) is 0 Å². The molecule has 2 aromatic heterocycles. The molecule has 5 heteroatoms. The second kappa shape index (κ2) is 5.00. The van der Waals surface area contributed by atoms with Gasteiger partial charge < -0.3 is 9.97 Å². The van der Waals surface area contributed by atoms with E-state index in [1.807, 2.05) is 13.8 Å². The van der Waals surface area contributed by atoms with E-state index in [-0.39, 0.29) is 11.5 Å². The van der Waals surface area contributed by atoms with Crippen molar-refractivity contribution in [1.29, 1.82) is 0 Å². The number of ketones is 1. The molecule has 2 aromatic rings. The smallest absolute Gasteiger partial charge is 0.309 e. The number of carbonyl (C=O) groups excluding carboxylic acids is 1. The lowest BCUT2D eigenvalue weighted by atomic mass is 10.0. The molecule has 0 unspecified atom stereocenters. The van der Waals surface area contributed by atoms with Gasteiger partial charge in [-0.15, -0.1) is 0 Å². The van der Waals surface area contributed by atoms with Crippen LogP contribution in [-0.2, 0) is 6.42 Å². The molecule has 0 aliphatic carbocycles. The fourth-order valence-corrected chi connectivity index (χ4v) is 1.82. The average Bonchev–Trinajstić information content (AvgIpc) is 2.69. The molecule has 0 spiro atoms. The summed E-state index contributed by atoms with van der Waals surface area (Å²) in [4.78, 5) is 32.7. The van der Waals surface area contributed by atoms with Gasteiger partial charge in [0, 0.05) is 23.7 Å². The molecule has 0 atom stereocenters. The van der Waals surface area contributed by atoms with Gasteiger partial charge in [0.2, 0.25) is 5.78 Å². The molecule has 0 fully saturated rings. The number of hydrogen-bond acceptors (Lipinski definition) is 3. The lowest BCUT2D eigenvalue weighted by Crippen LogP contribution is -2.08. The fraction of sp³-hybridized carbons (Fsp3) is 0.308. The average molecular weight is 245 g/mol. The Morgan fingerprint density at radius 2 is 1.94 bits per heavy atom. The number of pyridine rings is 1. The molecule has 0 saturated heterocycles. The molecule has 0 aromatic carbocycles. The molecule has 0 aliphatic heterocycles. The standard InChI is InChI=1S/C13H15N3O2/c1-8(2)7-10-11(16-13(18)15-10)12(17)9-3-5-14-6-4-9/h3-6,8H,7H2,1-2H3,(H2,15,16,18). The highest BCUT2D eigenvalue weighted by Crippen LogP contribution is 2.12. The molecule has 18 heavy (non-hydrogen) atoms. The number of nitrogens with zero attached hydrogens (tertiary/aromatic N) is 1. The summed E-state index contributed by atoms with van der Waals surface area (Å²) in [6.07, 6.45) is 3.77. The molecular weight excluding hydrogens is 230 g/mol. The first-order valence-electron chi connectivity index (χ1n) is 5.84. The van der Waals surface area contributed by atoms with Crippen LogP contribution in [0.5, 0.6) is 0 Å². The van der Waals surface area contributed by atoms with Crippen molar-refractivity contribution < 1.29 is 4.79 Å². The number of aromatic amines is 2. The highest BCUT2D eigenvalue weighted by molar-refractivity contribution is 6.08. The predicted octanol–water partition coefficient (Wildman–Crippen LogP) is 1.53. The monoisotopic (exact) mass is 245 g/mol. The van der Waals surface area contributed by atoms with E-state index in [1.54, 1.807) is 24.5 Å². The molecule has 0 aliphatic rings. The van der Waals surface area contributed by atoms with Crippen LogP contribution in [0.25, 0.3) is 0 Å². The van der Waals surface area contributed by atoms with Crippen LogP contribution in [0.2, 0.25) is 0 Å². The van der Waals surface area contributed by atoms with E-state index in [1.165, 1.54) is 0 Å². The Balaban J connectivity index is 2.39. The minimum Gasteiger partial charge on any atom is -0.309 e. The summed E-state index contributed by atoms with van der Waals surface area (Å²) in [6.45, 7) is 4.07.